The van der Waals surface area contributed by atoms with Crippen molar-refractivity contribution in [2.75, 3.05) is 31.1 Å². The first-order valence-corrected chi connectivity index (χ1v) is 8.96. The number of hydrogen-bond donors (Lipinski definition) is 0. The molecule has 0 spiro atoms. The third kappa shape index (κ3) is 3.29. The number of anilines is 1. The summed E-state index contributed by atoms with van der Waals surface area (Å²) in [5.41, 5.74) is 3.88. The minimum absolute atomic E-state index is 0.199. The number of rotatable bonds is 3. The third-order valence-corrected chi connectivity index (χ3v) is 5.05. The number of benzene rings is 1. The van der Waals surface area contributed by atoms with E-state index in [4.69, 9.17) is 0 Å². The molecule has 3 aromatic rings. The standard InChI is InChI=1S/C21H21FN4/c22-18-5-7-19(8-6-18)25-11-3-9-24(12-13-25)15-17-16-26-10-2-1-4-21(26)20(17)14-23/h1-2,4-8,10,16H,3,9,11-13,15H2. The fraction of sp³-hybridized carbons (Fsp3) is 0.286. The van der Waals surface area contributed by atoms with Crippen molar-refractivity contribution in [2.45, 2.75) is 13.0 Å². The molecule has 5 heteroatoms. The van der Waals surface area contributed by atoms with Crippen molar-refractivity contribution in [2.24, 2.45) is 0 Å². The largest absolute Gasteiger partial charge is 0.370 e. The first kappa shape index (κ1) is 16.6. The molecule has 1 aromatic carbocycles. The van der Waals surface area contributed by atoms with Gasteiger partial charge in [0, 0.05) is 56.4 Å². The maximum Gasteiger partial charge on any atom is 0.123 e. The molecule has 4 rings (SSSR count). The van der Waals surface area contributed by atoms with Crippen LogP contribution in [0.25, 0.3) is 5.52 Å². The average molecular weight is 348 g/mol. The third-order valence-electron chi connectivity index (χ3n) is 5.05. The Morgan fingerprint density at radius 1 is 1.00 bits per heavy atom. The fourth-order valence-electron chi connectivity index (χ4n) is 3.71. The second-order valence-electron chi connectivity index (χ2n) is 6.73. The summed E-state index contributed by atoms with van der Waals surface area (Å²) in [5.74, 6) is -0.199. The van der Waals surface area contributed by atoms with E-state index in [1.54, 1.807) is 0 Å². The van der Waals surface area contributed by atoms with Crippen molar-refractivity contribution in [3.63, 3.8) is 0 Å². The maximum absolute atomic E-state index is 13.1. The van der Waals surface area contributed by atoms with E-state index < -0.39 is 0 Å². The van der Waals surface area contributed by atoms with Crippen molar-refractivity contribution in [3.8, 4) is 6.07 Å². The highest BCUT2D eigenvalue weighted by atomic mass is 19.1. The highest BCUT2D eigenvalue weighted by molar-refractivity contribution is 5.65. The molecule has 0 aliphatic carbocycles. The molecule has 2 aromatic heterocycles. The van der Waals surface area contributed by atoms with Crippen molar-refractivity contribution < 1.29 is 4.39 Å². The van der Waals surface area contributed by atoms with Gasteiger partial charge >= 0.3 is 0 Å². The topological polar surface area (TPSA) is 34.7 Å². The number of nitrogens with zero attached hydrogens (tertiary/aromatic N) is 4. The quantitative estimate of drug-likeness (QED) is 0.724. The van der Waals surface area contributed by atoms with E-state index in [9.17, 15) is 9.65 Å². The van der Waals surface area contributed by atoms with Crippen LogP contribution >= 0.6 is 0 Å². The van der Waals surface area contributed by atoms with Gasteiger partial charge in [0.05, 0.1) is 11.1 Å². The van der Waals surface area contributed by atoms with Gasteiger partial charge in [-0.05, 0) is 42.8 Å². The summed E-state index contributed by atoms with van der Waals surface area (Å²) in [6.45, 7) is 4.57. The lowest BCUT2D eigenvalue weighted by molar-refractivity contribution is 0.285. The smallest absolute Gasteiger partial charge is 0.123 e. The van der Waals surface area contributed by atoms with Crippen molar-refractivity contribution in [3.05, 3.63) is 71.8 Å². The number of halogens is 1. The number of hydrogen-bond acceptors (Lipinski definition) is 3. The molecule has 26 heavy (non-hydrogen) atoms. The van der Waals surface area contributed by atoms with Crippen LogP contribution in [0, 0.1) is 17.1 Å². The average Bonchev–Trinajstić information content (AvgIpc) is 2.84. The Balaban J connectivity index is 1.48. The van der Waals surface area contributed by atoms with E-state index in [2.05, 4.69) is 22.1 Å². The summed E-state index contributed by atoms with van der Waals surface area (Å²) in [5, 5.41) is 9.58. The molecule has 0 unspecified atom stereocenters. The van der Waals surface area contributed by atoms with Crippen molar-refractivity contribution in [1.82, 2.24) is 9.30 Å². The van der Waals surface area contributed by atoms with Crippen LogP contribution in [0.3, 0.4) is 0 Å². The summed E-state index contributed by atoms with van der Waals surface area (Å²) < 4.78 is 15.2. The first-order valence-electron chi connectivity index (χ1n) is 8.96. The Morgan fingerprint density at radius 2 is 1.85 bits per heavy atom. The Bertz CT molecular complexity index is 939. The molecular formula is C21H21FN4. The van der Waals surface area contributed by atoms with Crippen LogP contribution in [-0.2, 0) is 6.54 Å². The Labute approximate surface area is 152 Å². The first-order chi connectivity index (χ1) is 12.7. The number of aromatic nitrogens is 1. The normalized spacial score (nSPS) is 15.8. The van der Waals surface area contributed by atoms with Gasteiger partial charge in [-0.3, -0.25) is 4.90 Å². The van der Waals surface area contributed by atoms with E-state index >= 15 is 0 Å². The second-order valence-corrected chi connectivity index (χ2v) is 6.73. The molecule has 1 fully saturated rings. The Hall–Kier alpha value is -2.84. The number of pyridine rings is 1. The van der Waals surface area contributed by atoms with E-state index in [1.807, 2.05) is 40.9 Å². The molecule has 4 nitrogen and oxygen atoms in total. The predicted octanol–water partition coefficient (Wildman–Crippen LogP) is 3.66. The zero-order valence-corrected chi connectivity index (χ0v) is 14.6. The van der Waals surface area contributed by atoms with Gasteiger partial charge in [-0.1, -0.05) is 6.07 Å². The summed E-state index contributed by atoms with van der Waals surface area (Å²) in [7, 11) is 0. The SMILES string of the molecule is N#Cc1c(CN2CCCN(c3ccc(F)cc3)CC2)cn2ccccc12. The predicted molar refractivity (Wildman–Crippen MR) is 101 cm³/mol. The molecule has 1 aliphatic heterocycles. The van der Waals surface area contributed by atoms with Crippen LogP contribution < -0.4 is 4.90 Å². The van der Waals surface area contributed by atoms with Crippen molar-refractivity contribution >= 4 is 11.2 Å². The molecule has 0 radical (unpaired) electrons. The lowest BCUT2D eigenvalue weighted by atomic mass is 10.1. The minimum Gasteiger partial charge on any atom is -0.370 e. The Kier molecular flexibility index (Phi) is 4.59. The monoisotopic (exact) mass is 348 g/mol. The molecule has 3 heterocycles. The van der Waals surface area contributed by atoms with Gasteiger partial charge < -0.3 is 9.30 Å². The zero-order chi connectivity index (χ0) is 17.9. The summed E-state index contributed by atoms with van der Waals surface area (Å²) in [6, 6.07) is 15.0. The second kappa shape index (κ2) is 7.19. The maximum atomic E-state index is 13.1. The van der Waals surface area contributed by atoms with Crippen LogP contribution in [0.5, 0.6) is 0 Å². The van der Waals surface area contributed by atoms with Gasteiger partial charge in [0.1, 0.15) is 11.9 Å². The molecule has 0 N–H and O–H groups in total. The molecular weight excluding hydrogens is 327 g/mol. The highest BCUT2D eigenvalue weighted by Gasteiger charge is 2.18. The molecule has 0 saturated carbocycles. The Morgan fingerprint density at radius 3 is 2.65 bits per heavy atom. The van der Waals surface area contributed by atoms with Gasteiger partial charge in [-0.2, -0.15) is 5.26 Å². The van der Waals surface area contributed by atoms with E-state index in [0.717, 1.165) is 61.5 Å². The molecule has 1 saturated heterocycles. The number of nitriles is 1. The van der Waals surface area contributed by atoms with Gasteiger partial charge in [0.2, 0.25) is 0 Å². The minimum atomic E-state index is -0.199. The summed E-state index contributed by atoms with van der Waals surface area (Å²) >= 11 is 0. The van der Waals surface area contributed by atoms with Gasteiger partial charge in [0.15, 0.2) is 0 Å². The highest BCUT2D eigenvalue weighted by Crippen LogP contribution is 2.21. The summed E-state index contributed by atoms with van der Waals surface area (Å²) in [6.07, 6.45) is 5.10. The van der Waals surface area contributed by atoms with Crippen LogP contribution in [-0.4, -0.2) is 35.5 Å². The molecule has 132 valence electrons. The number of fused-ring (bicyclic) bond motifs is 1. The fourth-order valence-corrected chi connectivity index (χ4v) is 3.71. The van der Waals surface area contributed by atoms with Gasteiger partial charge in [0.25, 0.3) is 0 Å². The lowest BCUT2D eigenvalue weighted by Gasteiger charge is -2.23. The zero-order valence-electron chi connectivity index (χ0n) is 14.6. The van der Waals surface area contributed by atoms with Crippen LogP contribution in [0.15, 0.2) is 54.9 Å². The van der Waals surface area contributed by atoms with Gasteiger partial charge in [-0.15, -0.1) is 0 Å². The van der Waals surface area contributed by atoms with E-state index in [-0.39, 0.29) is 5.82 Å². The van der Waals surface area contributed by atoms with E-state index in [1.165, 1.54) is 12.1 Å². The van der Waals surface area contributed by atoms with Crippen molar-refractivity contribution in [1.29, 1.82) is 5.26 Å². The van der Waals surface area contributed by atoms with E-state index in [0.29, 0.717) is 0 Å². The molecule has 0 atom stereocenters. The lowest BCUT2D eigenvalue weighted by Crippen LogP contribution is -2.30. The van der Waals surface area contributed by atoms with Crippen LogP contribution in [0.4, 0.5) is 10.1 Å². The van der Waals surface area contributed by atoms with Gasteiger partial charge in [-0.25, -0.2) is 4.39 Å². The molecule has 0 bridgehead atoms. The molecule has 1 aliphatic rings. The van der Waals surface area contributed by atoms with Crippen LogP contribution in [0.1, 0.15) is 17.5 Å². The molecule has 0 amide bonds. The summed E-state index contributed by atoms with van der Waals surface area (Å²) in [4.78, 5) is 4.71. The van der Waals surface area contributed by atoms with Crippen LogP contribution in [0.2, 0.25) is 0 Å².